The van der Waals surface area contributed by atoms with E-state index >= 15 is 0 Å². The fraction of sp³-hybridized carbons (Fsp3) is 0.700. The number of hydrogen-bond acceptors (Lipinski definition) is 3. The Bertz CT molecular complexity index is 464. The van der Waals surface area contributed by atoms with Gasteiger partial charge in [-0.05, 0) is 43.2 Å². The van der Waals surface area contributed by atoms with E-state index in [-0.39, 0.29) is 0 Å². The first-order valence-corrected chi connectivity index (χ1v) is 9.46. The molecule has 0 radical (unpaired) electrons. The van der Waals surface area contributed by atoms with Crippen LogP contribution in [0.2, 0.25) is 0 Å². The minimum atomic E-state index is -0.437. The van der Waals surface area contributed by atoms with Crippen molar-refractivity contribution in [1.29, 1.82) is 0 Å². The number of benzene rings is 1. The van der Waals surface area contributed by atoms with E-state index in [2.05, 4.69) is 23.5 Å². The van der Waals surface area contributed by atoms with Crippen LogP contribution in [0.3, 0.4) is 0 Å². The van der Waals surface area contributed by atoms with Crippen molar-refractivity contribution in [1.82, 2.24) is 5.32 Å². The van der Waals surface area contributed by atoms with Gasteiger partial charge >= 0.3 is 0 Å². The van der Waals surface area contributed by atoms with E-state index in [0.29, 0.717) is 25.1 Å². The minimum Gasteiger partial charge on any atom is -0.491 e. The summed E-state index contributed by atoms with van der Waals surface area (Å²) in [5, 5.41) is 13.7. The van der Waals surface area contributed by atoms with Gasteiger partial charge in [-0.2, -0.15) is 0 Å². The van der Waals surface area contributed by atoms with Crippen molar-refractivity contribution in [3.8, 4) is 5.75 Å². The highest BCUT2D eigenvalue weighted by molar-refractivity contribution is 5.36. The quantitative estimate of drug-likeness (QED) is 0.798. The van der Waals surface area contributed by atoms with Crippen LogP contribution in [0.1, 0.15) is 69.3 Å². The smallest absolute Gasteiger partial charge is 0.122 e. The average Bonchev–Trinajstić information content (AvgIpc) is 3.14. The molecule has 3 rings (SSSR count). The first-order valence-electron chi connectivity index (χ1n) is 9.46. The Labute approximate surface area is 140 Å². The van der Waals surface area contributed by atoms with E-state index < -0.39 is 6.10 Å². The van der Waals surface area contributed by atoms with Crippen molar-refractivity contribution in [2.45, 2.75) is 75.9 Å². The van der Waals surface area contributed by atoms with Crippen LogP contribution in [-0.4, -0.2) is 30.4 Å². The lowest BCUT2D eigenvalue weighted by atomic mass is 9.95. The predicted molar refractivity (Wildman–Crippen MR) is 94.0 cm³/mol. The Morgan fingerprint density at radius 1 is 1.00 bits per heavy atom. The van der Waals surface area contributed by atoms with Crippen LogP contribution in [0.4, 0.5) is 0 Å². The van der Waals surface area contributed by atoms with Crippen molar-refractivity contribution in [2.75, 3.05) is 13.2 Å². The summed E-state index contributed by atoms with van der Waals surface area (Å²) in [6.07, 6.45) is 11.3. The van der Waals surface area contributed by atoms with E-state index in [0.717, 1.165) is 5.75 Å². The molecule has 0 bridgehead atoms. The molecule has 0 heterocycles. The molecule has 0 aromatic heterocycles. The van der Waals surface area contributed by atoms with Crippen molar-refractivity contribution < 1.29 is 9.84 Å². The Morgan fingerprint density at radius 2 is 1.70 bits per heavy atom. The molecule has 0 amide bonds. The van der Waals surface area contributed by atoms with Gasteiger partial charge in [0, 0.05) is 12.6 Å². The minimum absolute atomic E-state index is 0.378. The zero-order valence-corrected chi connectivity index (χ0v) is 14.2. The highest BCUT2D eigenvalue weighted by Gasteiger charge is 2.21. The molecule has 2 N–H and O–H groups in total. The molecule has 3 heteroatoms. The molecule has 3 nitrogen and oxygen atoms in total. The molecule has 2 aliphatic rings. The second-order valence-electron chi connectivity index (χ2n) is 7.23. The molecule has 2 aliphatic carbocycles. The monoisotopic (exact) mass is 317 g/mol. The first-order chi connectivity index (χ1) is 11.3. The Hall–Kier alpha value is -1.06. The molecule has 0 spiro atoms. The molecule has 0 aliphatic heterocycles. The Morgan fingerprint density at radius 3 is 2.48 bits per heavy atom. The van der Waals surface area contributed by atoms with Crippen LogP contribution in [0.15, 0.2) is 24.3 Å². The van der Waals surface area contributed by atoms with E-state index in [1.807, 2.05) is 6.07 Å². The SMILES string of the molecule is OC(CNC1CCCCC1)COc1ccccc1C1CCCC1. The third-order valence-electron chi connectivity index (χ3n) is 5.39. The summed E-state index contributed by atoms with van der Waals surface area (Å²) < 4.78 is 5.96. The molecule has 2 fully saturated rings. The molecule has 128 valence electrons. The van der Waals surface area contributed by atoms with E-state index in [1.54, 1.807) is 0 Å². The van der Waals surface area contributed by atoms with Gasteiger partial charge < -0.3 is 15.2 Å². The van der Waals surface area contributed by atoms with Crippen molar-refractivity contribution in [3.63, 3.8) is 0 Å². The number of para-hydroxylation sites is 1. The van der Waals surface area contributed by atoms with Gasteiger partial charge in [0.2, 0.25) is 0 Å². The lowest BCUT2D eigenvalue weighted by molar-refractivity contribution is 0.101. The summed E-state index contributed by atoms with van der Waals surface area (Å²) in [5.74, 6) is 1.61. The third kappa shape index (κ3) is 4.95. The Balaban J connectivity index is 1.45. The lowest BCUT2D eigenvalue weighted by Crippen LogP contribution is -2.39. The normalized spacial score (nSPS) is 21.4. The molecule has 1 aromatic rings. The van der Waals surface area contributed by atoms with Gasteiger partial charge in [-0.15, -0.1) is 0 Å². The molecular formula is C20H31NO2. The topological polar surface area (TPSA) is 41.5 Å². The Kier molecular flexibility index (Phi) is 6.35. The van der Waals surface area contributed by atoms with Gasteiger partial charge in [-0.25, -0.2) is 0 Å². The van der Waals surface area contributed by atoms with Crippen molar-refractivity contribution >= 4 is 0 Å². The number of aliphatic hydroxyl groups is 1. The van der Waals surface area contributed by atoms with Crippen molar-refractivity contribution in [3.05, 3.63) is 29.8 Å². The van der Waals surface area contributed by atoms with Crippen LogP contribution in [-0.2, 0) is 0 Å². The van der Waals surface area contributed by atoms with Crippen LogP contribution < -0.4 is 10.1 Å². The summed E-state index contributed by atoms with van der Waals surface area (Å²) >= 11 is 0. The largest absolute Gasteiger partial charge is 0.491 e. The lowest BCUT2D eigenvalue weighted by Gasteiger charge is -2.24. The van der Waals surface area contributed by atoms with Gasteiger partial charge in [-0.1, -0.05) is 50.3 Å². The fourth-order valence-corrected chi connectivity index (χ4v) is 4.04. The highest BCUT2D eigenvalue weighted by Crippen LogP contribution is 2.38. The van der Waals surface area contributed by atoms with Gasteiger partial charge in [0.1, 0.15) is 18.5 Å². The average molecular weight is 317 g/mol. The number of rotatable bonds is 7. The van der Waals surface area contributed by atoms with Gasteiger partial charge in [0.25, 0.3) is 0 Å². The molecule has 2 saturated carbocycles. The fourth-order valence-electron chi connectivity index (χ4n) is 4.04. The van der Waals surface area contributed by atoms with Crippen LogP contribution in [0.25, 0.3) is 0 Å². The van der Waals surface area contributed by atoms with Gasteiger partial charge in [0.15, 0.2) is 0 Å². The van der Waals surface area contributed by atoms with E-state index in [9.17, 15) is 5.11 Å². The van der Waals surface area contributed by atoms with E-state index in [4.69, 9.17) is 4.74 Å². The number of nitrogens with one attached hydrogen (secondary N) is 1. The standard InChI is InChI=1S/C20H31NO2/c22-18(14-21-17-10-2-1-3-11-17)15-23-20-13-7-6-12-19(20)16-8-4-5-9-16/h6-7,12-13,16-18,21-22H,1-5,8-11,14-15H2. The summed E-state index contributed by atoms with van der Waals surface area (Å²) in [5.41, 5.74) is 1.33. The second kappa shape index (κ2) is 8.70. The predicted octanol–water partition coefficient (Wildman–Crippen LogP) is 4.01. The number of ether oxygens (including phenoxy) is 1. The molecule has 1 unspecified atom stereocenters. The summed E-state index contributed by atoms with van der Waals surface area (Å²) in [7, 11) is 0. The summed E-state index contributed by atoms with van der Waals surface area (Å²) in [6, 6.07) is 8.96. The van der Waals surface area contributed by atoms with Gasteiger partial charge in [0.05, 0.1) is 0 Å². The third-order valence-corrected chi connectivity index (χ3v) is 5.39. The maximum atomic E-state index is 10.2. The zero-order valence-electron chi connectivity index (χ0n) is 14.2. The van der Waals surface area contributed by atoms with Gasteiger partial charge in [-0.3, -0.25) is 0 Å². The summed E-state index contributed by atoms with van der Waals surface area (Å²) in [6.45, 7) is 1.01. The maximum Gasteiger partial charge on any atom is 0.122 e. The number of aliphatic hydroxyl groups excluding tert-OH is 1. The highest BCUT2D eigenvalue weighted by atomic mass is 16.5. The van der Waals surface area contributed by atoms with Crippen LogP contribution >= 0.6 is 0 Å². The zero-order chi connectivity index (χ0) is 15.9. The summed E-state index contributed by atoms with van der Waals surface area (Å²) in [4.78, 5) is 0. The molecule has 0 saturated heterocycles. The molecule has 1 aromatic carbocycles. The second-order valence-corrected chi connectivity index (χ2v) is 7.23. The molecule has 23 heavy (non-hydrogen) atoms. The molecule has 1 atom stereocenters. The van der Waals surface area contributed by atoms with Crippen LogP contribution in [0, 0.1) is 0 Å². The molecular weight excluding hydrogens is 286 g/mol. The van der Waals surface area contributed by atoms with Crippen molar-refractivity contribution in [2.24, 2.45) is 0 Å². The maximum absolute atomic E-state index is 10.2. The first kappa shape index (κ1) is 16.8. The van der Waals surface area contributed by atoms with Crippen LogP contribution in [0.5, 0.6) is 5.75 Å². The number of hydrogen-bond donors (Lipinski definition) is 2. The van der Waals surface area contributed by atoms with E-state index in [1.165, 1.54) is 63.4 Å².